The number of hydrogen-bond donors (Lipinski definition) is 0. The van der Waals surface area contributed by atoms with Crippen LogP contribution in [0, 0.1) is 0 Å². The number of aromatic nitrogens is 2. The zero-order valence-corrected chi connectivity index (χ0v) is 5.56. The highest BCUT2D eigenvalue weighted by atomic mass is 16.4. The van der Waals surface area contributed by atoms with Crippen molar-refractivity contribution >= 4 is 12.3 Å². The SMILES string of the molecule is O=Cc1nccn1CC(=O)[O-]. The van der Waals surface area contributed by atoms with Crippen molar-refractivity contribution in [1.82, 2.24) is 9.55 Å². The molecule has 1 aromatic rings. The molecule has 0 aliphatic rings. The van der Waals surface area contributed by atoms with Crippen LogP contribution in [0.3, 0.4) is 0 Å². The van der Waals surface area contributed by atoms with Crippen LogP contribution < -0.4 is 5.11 Å². The summed E-state index contributed by atoms with van der Waals surface area (Å²) in [5, 5.41) is 10.1. The number of carboxylic acids is 1. The van der Waals surface area contributed by atoms with Gasteiger partial charge in [-0.1, -0.05) is 0 Å². The first kappa shape index (κ1) is 7.46. The average Bonchev–Trinajstić information content (AvgIpc) is 2.34. The van der Waals surface area contributed by atoms with Crippen LogP contribution >= 0.6 is 0 Å². The van der Waals surface area contributed by atoms with Gasteiger partial charge in [-0.15, -0.1) is 0 Å². The van der Waals surface area contributed by atoms with E-state index in [0.717, 1.165) is 0 Å². The van der Waals surface area contributed by atoms with E-state index in [4.69, 9.17) is 0 Å². The standard InChI is InChI=1S/C6H6N2O3/c9-4-5-7-1-2-8(5)3-6(10)11/h1-2,4H,3H2,(H,10,11)/p-1. The summed E-state index contributed by atoms with van der Waals surface area (Å²) in [5.41, 5.74) is 0. The molecule has 0 amide bonds. The molecule has 0 atom stereocenters. The fraction of sp³-hybridized carbons (Fsp3) is 0.167. The molecule has 0 bridgehead atoms. The Balaban J connectivity index is 2.84. The van der Waals surface area contributed by atoms with Crippen molar-refractivity contribution in [3.8, 4) is 0 Å². The minimum atomic E-state index is -1.24. The number of carboxylic acid groups (broad SMARTS) is 1. The molecule has 0 aliphatic heterocycles. The molecule has 58 valence electrons. The van der Waals surface area contributed by atoms with Gasteiger partial charge in [0.05, 0.1) is 12.5 Å². The molecule has 0 spiro atoms. The van der Waals surface area contributed by atoms with Crippen LogP contribution in [0.15, 0.2) is 12.4 Å². The second-order valence-electron chi connectivity index (χ2n) is 1.90. The molecule has 0 N–H and O–H groups in total. The van der Waals surface area contributed by atoms with Crippen LogP contribution in [0.1, 0.15) is 10.6 Å². The maximum absolute atomic E-state index is 10.2. The number of carbonyl (C=O) groups is 2. The topological polar surface area (TPSA) is 75.0 Å². The van der Waals surface area contributed by atoms with Gasteiger partial charge in [-0.05, 0) is 0 Å². The van der Waals surface area contributed by atoms with Gasteiger partial charge in [0.25, 0.3) is 0 Å². The van der Waals surface area contributed by atoms with E-state index in [1.807, 2.05) is 0 Å². The molecule has 1 heterocycles. The van der Waals surface area contributed by atoms with Gasteiger partial charge < -0.3 is 14.5 Å². The second-order valence-corrected chi connectivity index (χ2v) is 1.90. The van der Waals surface area contributed by atoms with Crippen LogP contribution in [-0.2, 0) is 11.3 Å². The first-order valence-electron chi connectivity index (χ1n) is 2.90. The van der Waals surface area contributed by atoms with E-state index in [0.29, 0.717) is 6.29 Å². The first-order chi connectivity index (χ1) is 5.24. The van der Waals surface area contributed by atoms with E-state index in [2.05, 4.69) is 4.98 Å². The van der Waals surface area contributed by atoms with Gasteiger partial charge in [0, 0.05) is 12.4 Å². The molecule has 0 radical (unpaired) electrons. The number of imidazole rings is 1. The second kappa shape index (κ2) is 2.96. The summed E-state index contributed by atoms with van der Waals surface area (Å²) in [7, 11) is 0. The van der Waals surface area contributed by atoms with Crippen molar-refractivity contribution in [3.05, 3.63) is 18.2 Å². The predicted octanol–water partition coefficient (Wildman–Crippen LogP) is -1.55. The molecule has 1 aromatic heterocycles. The van der Waals surface area contributed by atoms with E-state index in [-0.39, 0.29) is 12.4 Å². The van der Waals surface area contributed by atoms with Gasteiger partial charge in [-0.25, -0.2) is 4.98 Å². The van der Waals surface area contributed by atoms with Gasteiger partial charge in [-0.3, -0.25) is 4.79 Å². The molecule has 5 heteroatoms. The summed E-state index contributed by atoms with van der Waals surface area (Å²) >= 11 is 0. The van der Waals surface area contributed by atoms with Crippen molar-refractivity contribution in [2.24, 2.45) is 0 Å². The summed E-state index contributed by atoms with van der Waals surface area (Å²) in [6.07, 6.45) is 3.25. The highest BCUT2D eigenvalue weighted by Crippen LogP contribution is 1.92. The van der Waals surface area contributed by atoms with Crippen molar-refractivity contribution in [1.29, 1.82) is 0 Å². The quantitative estimate of drug-likeness (QED) is 0.492. The zero-order valence-electron chi connectivity index (χ0n) is 5.56. The van der Waals surface area contributed by atoms with Crippen molar-refractivity contribution in [2.45, 2.75) is 6.54 Å². The number of carbonyl (C=O) groups excluding carboxylic acids is 2. The van der Waals surface area contributed by atoms with E-state index >= 15 is 0 Å². The van der Waals surface area contributed by atoms with Gasteiger partial charge in [0.2, 0.25) is 0 Å². The molecule has 5 nitrogen and oxygen atoms in total. The molecule has 0 unspecified atom stereocenters. The number of aldehydes is 1. The average molecular weight is 153 g/mol. The van der Waals surface area contributed by atoms with Crippen LogP contribution in [0.2, 0.25) is 0 Å². The molecule has 0 fully saturated rings. The Morgan fingerprint density at radius 1 is 1.82 bits per heavy atom. The molecule has 0 aliphatic carbocycles. The first-order valence-corrected chi connectivity index (χ1v) is 2.90. The normalized spacial score (nSPS) is 9.45. The largest absolute Gasteiger partial charge is 0.548 e. The molecule has 0 aromatic carbocycles. The van der Waals surface area contributed by atoms with Gasteiger partial charge in [0.15, 0.2) is 12.1 Å². The van der Waals surface area contributed by atoms with E-state index < -0.39 is 5.97 Å². The number of rotatable bonds is 3. The minimum absolute atomic E-state index is 0.0919. The Hall–Kier alpha value is -1.65. The maximum atomic E-state index is 10.2. The maximum Gasteiger partial charge on any atom is 0.185 e. The highest BCUT2D eigenvalue weighted by Gasteiger charge is 1.98. The Morgan fingerprint density at radius 2 is 2.55 bits per heavy atom. The summed E-state index contributed by atoms with van der Waals surface area (Å²) in [6, 6.07) is 0. The minimum Gasteiger partial charge on any atom is -0.548 e. The molecule has 1 rings (SSSR count). The third-order valence-corrected chi connectivity index (χ3v) is 1.15. The Kier molecular flexibility index (Phi) is 2.00. The molecule has 0 saturated carbocycles. The van der Waals surface area contributed by atoms with Crippen LogP contribution in [0.25, 0.3) is 0 Å². The predicted molar refractivity (Wildman–Crippen MR) is 32.6 cm³/mol. The van der Waals surface area contributed by atoms with Crippen LogP contribution in [0.5, 0.6) is 0 Å². The summed E-state index contributed by atoms with van der Waals surface area (Å²) in [6.45, 7) is -0.339. The monoisotopic (exact) mass is 153 g/mol. The fourth-order valence-electron chi connectivity index (χ4n) is 0.712. The lowest BCUT2D eigenvalue weighted by molar-refractivity contribution is -0.306. The van der Waals surface area contributed by atoms with Gasteiger partial charge >= 0.3 is 0 Å². The zero-order chi connectivity index (χ0) is 8.27. The van der Waals surface area contributed by atoms with Gasteiger partial charge in [0.1, 0.15) is 0 Å². The lowest BCUT2D eigenvalue weighted by Crippen LogP contribution is -2.27. The smallest absolute Gasteiger partial charge is 0.185 e. The van der Waals surface area contributed by atoms with Gasteiger partial charge in [-0.2, -0.15) is 0 Å². The van der Waals surface area contributed by atoms with E-state index in [1.54, 1.807) is 0 Å². The summed E-state index contributed by atoms with van der Waals surface area (Å²) in [4.78, 5) is 23.8. The summed E-state index contributed by atoms with van der Waals surface area (Å²) in [5.74, 6) is -1.15. The molecule has 0 saturated heterocycles. The van der Waals surface area contributed by atoms with Crippen molar-refractivity contribution in [2.75, 3.05) is 0 Å². The molecule has 11 heavy (non-hydrogen) atoms. The van der Waals surface area contributed by atoms with E-state index in [9.17, 15) is 14.7 Å². The third kappa shape index (κ3) is 1.64. The molecular weight excluding hydrogens is 148 g/mol. The Morgan fingerprint density at radius 3 is 3.09 bits per heavy atom. The van der Waals surface area contributed by atoms with E-state index in [1.165, 1.54) is 17.0 Å². The Labute approximate surface area is 62.3 Å². The van der Waals surface area contributed by atoms with Crippen molar-refractivity contribution < 1.29 is 14.7 Å². The highest BCUT2D eigenvalue weighted by molar-refractivity contribution is 5.71. The number of aliphatic carboxylic acids is 1. The number of hydrogen-bond acceptors (Lipinski definition) is 4. The molecular formula is C6H5N2O3-. The lowest BCUT2D eigenvalue weighted by Gasteiger charge is -2.03. The summed E-state index contributed by atoms with van der Waals surface area (Å²) < 4.78 is 1.20. The third-order valence-electron chi connectivity index (χ3n) is 1.15. The van der Waals surface area contributed by atoms with Crippen LogP contribution in [0.4, 0.5) is 0 Å². The lowest BCUT2D eigenvalue weighted by atomic mass is 10.6. The Bertz CT molecular complexity index is 279. The van der Waals surface area contributed by atoms with Crippen molar-refractivity contribution in [3.63, 3.8) is 0 Å². The fourth-order valence-corrected chi connectivity index (χ4v) is 0.712. The van der Waals surface area contributed by atoms with Crippen LogP contribution in [-0.4, -0.2) is 21.8 Å². The number of nitrogens with zero attached hydrogens (tertiary/aromatic N) is 2.